The van der Waals surface area contributed by atoms with Crippen LogP contribution in [0.1, 0.15) is 12.5 Å². The molecule has 0 bridgehead atoms. The lowest BCUT2D eigenvalue weighted by molar-refractivity contribution is 0.599. The Kier molecular flexibility index (Phi) is 3.86. The molecule has 0 fully saturated rings. The average molecular weight is 182 g/mol. The first-order chi connectivity index (χ1) is 6.18. The van der Waals surface area contributed by atoms with Gasteiger partial charge in [0.05, 0.1) is 0 Å². The normalized spacial score (nSPS) is 12.8. The summed E-state index contributed by atoms with van der Waals surface area (Å²) in [7, 11) is 0. The average Bonchev–Trinajstić information content (AvgIpc) is 2.03. The lowest BCUT2D eigenvalue weighted by Crippen LogP contribution is -2.30. The van der Waals surface area contributed by atoms with Crippen LogP contribution in [-0.4, -0.2) is 12.6 Å². The summed E-state index contributed by atoms with van der Waals surface area (Å²) in [6.45, 7) is 3.34. The van der Waals surface area contributed by atoms with E-state index in [1.54, 1.807) is 6.07 Å². The smallest absolute Gasteiger partial charge is 0.123 e. The van der Waals surface area contributed by atoms with Gasteiger partial charge < -0.3 is 11.1 Å². The van der Waals surface area contributed by atoms with Gasteiger partial charge in [-0.1, -0.05) is 12.1 Å². The predicted molar refractivity (Wildman–Crippen MR) is 51.8 cm³/mol. The summed E-state index contributed by atoms with van der Waals surface area (Å²) in [5.74, 6) is -0.194. The van der Waals surface area contributed by atoms with Gasteiger partial charge in [-0.05, 0) is 24.6 Å². The summed E-state index contributed by atoms with van der Waals surface area (Å²) in [6, 6.07) is 6.69. The van der Waals surface area contributed by atoms with Gasteiger partial charge >= 0.3 is 0 Å². The molecule has 1 rings (SSSR count). The minimum Gasteiger partial charge on any atom is -0.327 e. The van der Waals surface area contributed by atoms with Crippen LogP contribution in [-0.2, 0) is 6.54 Å². The highest BCUT2D eigenvalue weighted by atomic mass is 19.1. The molecule has 0 aromatic heterocycles. The fourth-order valence-corrected chi connectivity index (χ4v) is 1.09. The quantitative estimate of drug-likeness (QED) is 0.735. The Morgan fingerprint density at radius 1 is 1.54 bits per heavy atom. The standard InChI is InChI=1S/C10H15FN2/c1-8(12)6-13-7-9-3-2-4-10(11)5-9/h2-5,8,13H,6-7,12H2,1H3. The maximum Gasteiger partial charge on any atom is 0.123 e. The summed E-state index contributed by atoms with van der Waals surface area (Å²) in [6.07, 6.45) is 0. The van der Waals surface area contributed by atoms with E-state index in [-0.39, 0.29) is 11.9 Å². The van der Waals surface area contributed by atoms with Crippen LogP contribution >= 0.6 is 0 Å². The third-order valence-electron chi connectivity index (χ3n) is 1.68. The fraction of sp³-hybridized carbons (Fsp3) is 0.400. The third kappa shape index (κ3) is 4.01. The molecule has 0 saturated heterocycles. The Hall–Kier alpha value is -0.930. The zero-order chi connectivity index (χ0) is 9.68. The first-order valence-electron chi connectivity index (χ1n) is 4.39. The molecule has 0 saturated carbocycles. The van der Waals surface area contributed by atoms with E-state index in [4.69, 9.17) is 5.73 Å². The summed E-state index contributed by atoms with van der Waals surface area (Å²) >= 11 is 0. The SMILES string of the molecule is CC(N)CNCc1cccc(F)c1. The number of nitrogens with one attached hydrogen (secondary N) is 1. The van der Waals surface area contributed by atoms with Crippen LogP contribution in [0.4, 0.5) is 4.39 Å². The summed E-state index contributed by atoms with van der Waals surface area (Å²) in [5, 5.41) is 3.14. The van der Waals surface area contributed by atoms with Gasteiger partial charge in [0.15, 0.2) is 0 Å². The van der Waals surface area contributed by atoms with Crippen molar-refractivity contribution in [2.75, 3.05) is 6.54 Å². The van der Waals surface area contributed by atoms with Crippen molar-refractivity contribution in [1.29, 1.82) is 0 Å². The predicted octanol–water partition coefficient (Wildman–Crippen LogP) is 1.26. The number of halogens is 1. The van der Waals surface area contributed by atoms with Gasteiger partial charge in [-0.3, -0.25) is 0 Å². The highest BCUT2D eigenvalue weighted by molar-refractivity contribution is 5.15. The monoisotopic (exact) mass is 182 g/mol. The van der Waals surface area contributed by atoms with Crippen molar-refractivity contribution in [3.8, 4) is 0 Å². The van der Waals surface area contributed by atoms with Crippen LogP contribution in [0.3, 0.4) is 0 Å². The van der Waals surface area contributed by atoms with Crippen molar-refractivity contribution in [3.05, 3.63) is 35.6 Å². The van der Waals surface area contributed by atoms with E-state index in [0.717, 1.165) is 12.1 Å². The Labute approximate surface area is 77.9 Å². The molecular formula is C10H15FN2. The Morgan fingerprint density at radius 3 is 2.92 bits per heavy atom. The zero-order valence-electron chi connectivity index (χ0n) is 7.76. The first kappa shape index (κ1) is 10.2. The highest BCUT2D eigenvalue weighted by Crippen LogP contribution is 2.02. The molecule has 1 aromatic carbocycles. The van der Waals surface area contributed by atoms with Crippen molar-refractivity contribution >= 4 is 0 Å². The number of rotatable bonds is 4. The van der Waals surface area contributed by atoms with Crippen molar-refractivity contribution in [2.45, 2.75) is 19.5 Å². The van der Waals surface area contributed by atoms with E-state index in [1.165, 1.54) is 12.1 Å². The molecule has 13 heavy (non-hydrogen) atoms. The fourth-order valence-electron chi connectivity index (χ4n) is 1.09. The summed E-state index contributed by atoms with van der Waals surface area (Å²) < 4.78 is 12.7. The topological polar surface area (TPSA) is 38.0 Å². The second-order valence-corrected chi connectivity index (χ2v) is 3.24. The largest absolute Gasteiger partial charge is 0.327 e. The van der Waals surface area contributed by atoms with Crippen LogP contribution in [0, 0.1) is 5.82 Å². The maximum absolute atomic E-state index is 12.7. The van der Waals surface area contributed by atoms with E-state index in [0.29, 0.717) is 6.54 Å². The molecule has 0 spiro atoms. The van der Waals surface area contributed by atoms with Gasteiger partial charge in [0.1, 0.15) is 5.82 Å². The Bertz CT molecular complexity index is 261. The number of hydrogen-bond acceptors (Lipinski definition) is 2. The maximum atomic E-state index is 12.7. The van der Waals surface area contributed by atoms with E-state index >= 15 is 0 Å². The molecule has 1 atom stereocenters. The van der Waals surface area contributed by atoms with Crippen LogP contribution in [0.15, 0.2) is 24.3 Å². The van der Waals surface area contributed by atoms with E-state index < -0.39 is 0 Å². The third-order valence-corrected chi connectivity index (χ3v) is 1.68. The van der Waals surface area contributed by atoms with Crippen LogP contribution in [0.2, 0.25) is 0 Å². The van der Waals surface area contributed by atoms with Gasteiger partial charge in [-0.2, -0.15) is 0 Å². The highest BCUT2D eigenvalue weighted by Gasteiger charge is 1.96. The van der Waals surface area contributed by atoms with Gasteiger partial charge in [0.2, 0.25) is 0 Å². The number of nitrogens with two attached hydrogens (primary N) is 1. The van der Waals surface area contributed by atoms with Gasteiger partial charge in [-0.15, -0.1) is 0 Å². The number of benzene rings is 1. The molecule has 0 amide bonds. The second-order valence-electron chi connectivity index (χ2n) is 3.24. The zero-order valence-corrected chi connectivity index (χ0v) is 7.76. The second kappa shape index (κ2) is 4.94. The molecule has 0 radical (unpaired) electrons. The van der Waals surface area contributed by atoms with Crippen molar-refractivity contribution in [2.24, 2.45) is 5.73 Å². The molecular weight excluding hydrogens is 167 g/mol. The van der Waals surface area contributed by atoms with Crippen molar-refractivity contribution in [3.63, 3.8) is 0 Å². The lowest BCUT2D eigenvalue weighted by atomic mass is 10.2. The van der Waals surface area contributed by atoms with Gasteiger partial charge in [0.25, 0.3) is 0 Å². The lowest BCUT2D eigenvalue weighted by Gasteiger charge is -2.07. The van der Waals surface area contributed by atoms with Crippen molar-refractivity contribution < 1.29 is 4.39 Å². The molecule has 0 heterocycles. The summed E-state index contributed by atoms with van der Waals surface area (Å²) in [4.78, 5) is 0. The Morgan fingerprint density at radius 2 is 2.31 bits per heavy atom. The van der Waals surface area contributed by atoms with E-state index in [9.17, 15) is 4.39 Å². The van der Waals surface area contributed by atoms with Crippen LogP contribution in [0.25, 0.3) is 0 Å². The van der Waals surface area contributed by atoms with Gasteiger partial charge in [-0.25, -0.2) is 4.39 Å². The molecule has 2 nitrogen and oxygen atoms in total. The summed E-state index contributed by atoms with van der Waals surface area (Å²) in [5.41, 5.74) is 6.49. The molecule has 0 aliphatic carbocycles. The van der Waals surface area contributed by atoms with Crippen molar-refractivity contribution in [1.82, 2.24) is 5.32 Å². The molecule has 3 heteroatoms. The molecule has 0 aliphatic rings. The molecule has 0 aliphatic heterocycles. The minimum absolute atomic E-state index is 0.133. The van der Waals surface area contributed by atoms with Crippen LogP contribution in [0.5, 0.6) is 0 Å². The Balaban J connectivity index is 2.37. The molecule has 1 aromatic rings. The molecule has 72 valence electrons. The minimum atomic E-state index is -0.194. The van der Waals surface area contributed by atoms with E-state index in [2.05, 4.69) is 5.32 Å². The van der Waals surface area contributed by atoms with E-state index in [1.807, 2.05) is 13.0 Å². The van der Waals surface area contributed by atoms with Crippen LogP contribution < -0.4 is 11.1 Å². The molecule has 1 unspecified atom stereocenters. The molecule has 3 N–H and O–H groups in total. The van der Waals surface area contributed by atoms with Gasteiger partial charge in [0, 0.05) is 19.1 Å². The first-order valence-corrected chi connectivity index (χ1v) is 4.39. The number of hydrogen-bond donors (Lipinski definition) is 2.